The number of alkyl halides is 1. The van der Waals surface area contributed by atoms with Crippen molar-refractivity contribution >= 4 is 23.2 Å². The maximum absolute atomic E-state index is 13.5. The van der Waals surface area contributed by atoms with Crippen molar-refractivity contribution in [2.75, 3.05) is 5.88 Å². The highest BCUT2D eigenvalue weighted by Crippen LogP contribution is 2.15. The Labute approximate surface area is 112 Å². The second-order valence-corrected chi connectivity index (χ2v) is 5.26. The lowest BCUT2D eigenvalue weighted by molar-refractivity contribution is 0.386. The maximum atomic E-state index is 13.5. The topological polar surface area (TPSA) is 12.0 Å². The molecule has 0 aliphatic carbocycles. The molecule has 0 bridgehead atoms. The van der Waals surface area contributed by atoms with Gasteiger partial charge in [-0.1, -0.05) is 31.5 Å². The molecule has 4 heteroatoms. The molecule has 0 fully saturated rings. The minimum Gasteiger partial charge on any atom is -0.310 e. The Balaban J connectivity index is 2.59. The fourth-order valence-electron chi connectivity index (χ4n) is 1.69. The summed E-state index contributed by atoms with van der Waals surface area (Å²) < 4.78 is 13.5. The summed E-state index contributed by atoms with van der Waals surface area (Å²) in [6.07, 6.45) is 0.883. The fraction of sp³-hybridized carbons (Fsp3) is 0.538. The number of rotatable bonds is 6. The van der Waals surface area contributed by atoms with Gasteiger partial charge in [0.05, 0.1) is 0 Å². The summed E-state index contributed by atoms with van der Waals surface area (Å²) in [5, 5.41) is 3.75. The summed E-state index contributed by atoms with van der Waals surface area (Å²) in [4.78, 5) is 0. The van der Waals surface area contributed by atoms with Crippen molar-refractivity contribution in [1.82, 2.24) is 5.32 Å². The Bertz CT molecular complexity index is 355. The van der Waals surface area contributed by atoms with Crippen LogP contribution in [0.25, 0.3) is 0 Å². The van der Waals surface area contributed by atoms with Gasteiger partial charge >= 0.3 is 0 Å². The van der Waals surface area contributed by atoms with E-state index in [1.807, 2.05) is 0 Å². The zero-order valence-corrected chi connectivity index (χ0v) is 11.7. The van der Waals surface area contributed by atoms with Crippen LogP contribution in [0.15, 0.2) is 18.2 Å². The first-order chi connectivity index (χ1) is 8.04. The molecule has 0 aromatic heterocycles. The normalized spacial score (nSPS) is 13.1. The van der Waals surface area contributed by atoms with Crippen LogP contribution >= 0.6 is 23.2 Å². The highest BCUT2D eigenvalue weighted by atomic mass is 35.5. The lowest BCUT2D eigenvalue weighted by Crippen LogP contribution is -2.34. The Hall–Kier alpha value is -0.310. The van der Waals surface area contributed by atoms with Gasteiger partial charge in [0, 0.05) is 29.1 Å². The molecule has 0 saturated carbocycles. The van der Waals surface area contributed by atoms with E-state index in [0.29, 0.717) is 35.0 Å². The van der Waals surface area contributed by atoms with E-state index in [2.05, 4.69) is 19.2 Å². The first kappa shape index (κ1) is 14.7. The number of halogens is 3. The van der Waals surface area contributed by atoms with Crippen molar-refractivity contribution in [3.8, 4) is 0 Å². The second-order valence-electron chi connectivity index (χ2n) is 4.44. The number of hydrogen-bond acceptors (Lipinski definition) is 1. The molecule has 1 aromatic carbocycles. The molecular formula is C13H18Cl2FN. The van der Waals surface area contributed by atoms with Gasteiger partial charge in [0.1, 0.15) is 5.82 Å². The summed E-state index contributed by atoms with van der Waals surface area (Å²) in [7, 11) is 0. The van der Waals surface area contributed by atoms with Gasteiger partial charge < -0.3 is 5.32 Å². The first-order valence-corrected chi connectivity index (χ1v) is 6.69. The van der Waals surface area contributed by atoms with Crippen LogP contribution in [0.2, 0.25) is 5.02 Å². The van der Waals surface area contributed by atoms with Gasteiger partial charge in [-0.25, -0.2) is 4.39 Å². The van der Waals surface area contributed by atoms with E-state index in [-0.39, 0.29) is 5.82 Å². The lowest BCUT2D eigenvalue weighted by atomic mass is 10.0. The molecule has 1 nitrogen and oxygen atoms in total. The molecule has 0 aliphatic heterocycles. The van der Waals surface area contributed by atoms with Gasteiger partial charge in [-0.2, -0.15) is 0 Å². The molecular weight excluding hydrogens is 260 g/mol. The van der Waals surface area contributed by atoms with E-state index in [9.17, 15) is 4.39 Å². The summed E-state index contributed by atoms with van der Waals surface area (Å²) in [6, 6.07) is 5.06. The molecule has 1 unspecified atom stereocenters. The van der Waals surface area contributed by atoms with Gasteiger partial charge in [-0.15, -0.1) is 11.6 Å². The number of nitrogens with one attached hydrogen (secondary N) is 1. The molecule has 0 radical (unpaired) electrons. The van der Waals surface area contributed by atoms with Gasteiger partial charge in [-0.05, 0) is 24.5 Å². The quantitative estimate of drug-likeness (QED) is 0.768. The van der Waals surface area contributed by atoms with E-state index in [4.69, 9.17) is 23.2 Å². The molecule has 1 aromatic rings. The number of benzene rings is 1. The zero-order chi connectivity index (χ0) is 12.8. The van der Waals surface area contributed by atoms with E-state index in [1.165, 1.54) is 6.07 Å². The molecule has 0 heterocycles. The van der Waals surface area contributed by atoms with Crippen LogP contribution in [0, 0.1) is 11.7 Å². The highest BCUT2D eigenvalue weighted by Gasteiger charge is 2.12. The molecule has 1 N–H and O–H groups in total. The Morgan fingerprint density at radius 2 is 2.06 bits per heavy atom. The Kier molecular flexibility index (Phi) is 6.24. The predicted molar refractivity (Wildman–Crippen MR) is 72.2 cm³/mol. The van der Waals surface area contributed by atoms with Crippen LogP contribution in [0.4, 0.5) is 4.39 Å². The molecule has 0 spiro atoms. The molecule has 0 aliphatic rings. The van der Waals surface area contributed by atoms with E-state index < -0.39 is 0 Å². The third kappa shape index (κ3) is 4.82. The summed E-state index contributed by atoms with van der Waals surface area (Å²) >= 11 is 11.4. The van der Waals surface area contributed by atoms with Crippen LogP contribution in [0.3, 0.4) is 0 Å². The van der Waals surface area contributed by atoms with Crippen LogP contribution in [-0.2, 0) is 6.54 Å². The Morgan fingerprint density at radius 1 is 1.35 bits per heavy atom. The highest BCUT2D eigenvalue weighted by molar-refractivity contribution is 6.30. The average Bonchev–Trinajstić information content (AvgIpc) is 2.25. The molecule has 1 atom stereocenters. The van der Waals surface area contributed by atoms with Gasteiger partial charge in [0.15, 0.2) is 0 Å². The minimum atomic E-state index is -0.265. The van der Waals surface area contributed by atoms with Crippen molar-refractivity contribution in [2.45, 2.75) is 32.9 Å². The smallest absolute Gasteiger partial charge is 0.129 e. The zero-order valence-electron chi connectivity index (χ0n) is 10.1. The maximum Gasteiger partial charge on any atom is 0.129 e. The largest absolute Gasteiger partial charge is 0.310 e. The monoisotopic (exact) mass is 277 g/mol. The van der Waals surface area contributed by atoms with Gasteiger partial charge in [-0.3, -0.25) is 0 Å². The standard InChI is InChI=1S/C13H18Cl2FN/c1-9(2)13(5-6-14)17-8-10-3-4-11(15)7-12(10)16/h3-4,7,9,13,17H,5-6,8H2,1-2H3. The SMILES string of the molecule is CC(C)C(CCCl)NCc1ccc(Cl)cc1F. The minimum absolute atomic E-state index is 0.265. The van der Waals surface area contributed by atoms with Crippen LogP contribution in [-0.4, -0.2) is 11.9 Å². The molecule has 96 valence electrons. The summed E-state index contributed by atoms with van der Waals surface area (Å²) in [5.41, 5.74) is 0.634. The van der Waals surface area contributed by atoms with Crippen molar-refractivity contribution in [3.63, 3.8) is 0 Å². The molecule has 17 heavy (non-hydrogen) atoms. The lowest BCUT2D eigenvalue weighted by Gasteiger charge is -2.21. The van der Waals surface area contributed by atoms with Crippen LogP contribution < -0.4 is 5.32 Å². The summed E-state index contributed by atoms with van der Waals surface area (Å²) in [5.74, 6) is 0.821. The number of hydrogen-bond donors (Lipinski definition) is 1. The summed E-state index contributed by atoms with van der Waals surface area (Å²) in [6.45, 7) is 4.76. The van der Waals surface area contributed by atoms with Gasteiger partial charge in [0.25, 0.3) is 0 Å². The van der Waals surface area contributed by atoms with Gasteiger partial charge in [0.2, 0.25) is 0 Å². The van der Waals surface area contributed by atoms with E-state index in [1.54, 1.807) is 12.1 Å². The predicted octanol–water partition coefficient (Wildman–Crippen LogP) is 4.22. The van der Waals surface area contributed by atoms with Crippen LogP contribution in [0.1, 0.15) is 25.8 Å². The van der Waals surface area contributed by atoms with Crippen molar-refractivity contribution < 1.29 is 4.39 Å². The van der Waals surface area contributed by atoms with Crippen LogP contribution in [0.5, 0.6) is 0 Å². The third-order valence-corrected chi connectivity index (χ3v) is 3.25. The van der Waals surface area contributed by atoms with E-state index in [0.717, 1.165) is 6.42 Å². The first-order valence-electron chi connectivity index (χ1n) is 5.78. The van der Waals surface area contributed by atoms with Crippen molar-refractivity contribution in [3.05, 3.63) is 34.6 Å². The van der Waals surface area contributed by atoms with Crippen molar-refractivity contribution in [2.24, 2.45) is 5.92 Å². The molecule has 0 saturated heterocycles. The molecule has 0 amide bonds. The van der Waals surface area contributed by atoms with E-state index >= 15 is 0 Å². The average molecular weight is 278 g/mol. The van der Waals surface area contributed by atoms with Crippen molar-refractivity contribution in [1.29, 1.82) is 0 Å². The fourth-order valence-corrected chi connectivity index (χ4v) is 2.09. The Morgan fingerprint density at radius 3 is 2.59 bits per heavy atom. The third-order valence-electron chi connectivity index (χ3n) is 2.79. The molecule has 1 rings (SSSR count). The second kappa shape index (κ2) is 7.20.